The Morgan fingerprint density at radius 1 is 1.25 bits per heavy atom. The molecule has 0 unspecified atom stereocenters. The smallest absolute Gasteiger partial charge is 0.0857 e. The minimum absolute atomic E-state index is 0.233. The third-order valence-electron chi connectivity index (χ3n) is 3.50. The fourth-order valence-electron chi connectivity index (χ4n) is 2.59. The molecule has 0 heterocycles. The molecular formula is C14H26OSi. The molecule has 1 aliphatic rings. The van der Waals surface area contributed by atoms with Crippen molar-refractivity contribution in [1.82, 2.24) is 0 Å². The lowest BCUT2D eigenvalue weighted by Crippen LogP contribution is -2.36. The summed E-state index contributed by atoms with van der Waals surface area (Å²) in [4.78, 5) is 0. The van der Waals surface area contributed by atoms with Gasteiger partial charge in [-0.25, -0.2) is 0 Å². The highest BCUT2D eigenvalue weighted by atomic mass is 28.3. The van der Waals surface area contributed by atoms with Crippen LogP contribution in [0.5, 0.6) is 0 Å². The Hall–Kier alpha value is -0.303. The molecule has 16 heavy (non-hydrogen) atoms. The van der Waals surface area contributed by atoms with E-state index in [-0.39, 0.29) is 6.10 Å². The number of rotatable bonds is 3. The van der Waals surface area contributed by atoms with Gasteiger partial charge in [-0.15, -0.1) is 5.73 Å². The molecule has 0 spiro atoms. The average Bonchev–Trinajstić information content (AvgIpc) is 2.25. The largest absolute Gasteiger partial charge is 0.388 e. The zero-order valence-corrected chi connectivity index (χ0v) is 12.2. The van der Waals surface area contributed by atoms with Crippen LogP contribution in [-0.2, 0) is 0 Å². The highest BCUT2D eigenvalue weighted by Crippen LogP contribution is 2.32. The molecule has 1 aliphatic carbocycles. The summed E-state index contributed by atoms with van der Waals surface area (Å²) < 4.78 is 0. The first-order valence-electron chi connectivity index (χ1n) is 6.56. The normalized spacial score (nSPS) is 20.1. The maximum absolute atomic E-state index is 10.5. The van der Waals surface area contributed by atoms with Crippen LogP contribution in [0.15, 0.2) is 17.0 Å². The predicted octanol–water partition coefficient (Wildman–Crippen LogP) is 3.91. The van der Waals surface area contributed by atoms with Crippen LogP contribution in [0, 0.1) is 5.92 Å². The van der Waals surface area contributed by atoms with Crippen LogP contribution >= 0.6 is 0 Å². The molecule has 0 amide bonds. The number of hydrogen-bond donors (Lipinski definition) is 1. The van der Waals surface area contributed by atoms with E-state index >= 15 is 0 Å². The van der Waals surface area contributed by atoms with E-state index in [9.17, 15) is 5.11 Å². The van der Waals surface area contributed by atoms with Crippen molar-refractivity contribution >= 4 is 8.07 Å². The van der Waals surface area contributed by atoms with Crippen molar-refractivity contribution in [2.75, 3.05) is 0 Å². The summed E-state index contributed by atoms with van der Waals surface area (Å²) in [6.45, 7) is 8.88. The maximum atomic E-state index is 10.5. The standard InChI is InChI=1S/C14H26OSi/c1-5-9-13(16(2,3)4)14(15)12-10-7-6-8-11-12/h5,12,14-15H,6-8,10-11H2,1-4H3/t9?,14-/m1/s1. The van der Waals surface area contributed by atoms with Gasteiger partial charge in [0.1, 0.15) is 0 Å². The minimum Gasteiger partial charge on any atom is -0.388 e. The van der Waals surface area contributed by atoms with Crippen molar-refractivity contribution in [3.05, 3.63) is 17.0 Å². The van der Waals surface area contributed by atoms with Crippen LogP contribution in [0.25, 0.3) is 0 Å². The van der Waals surface area contributed by atoms with Crippen LogP contribution in [0.1, 0.15) is 39.0 Å². The molecule has 92 valence electrons. The molecule has 0 radical (unpaired) electrons. The first-order chi connectivity index (χ1) is 7.46. The third kappa shape index (κ3) is 3.62. The molecule has 1 nitrogen and oxygen atoms in total. The average molecular weight is 238 g/mol. The maximum Gasteiger partial charge on any atom is 0.0857 e. The molecule has 1 saturated carbocycles. The van der Waals surface area contributed by atoms with Gasteiger partial charge in [0.2, 0.25) is 0 Å². The van der Waals surface area contributed by atoms with E-state index in [4.69, 9.17) is 0 Å². The molecule has 1 N–H and O–H groups in total. The Kier molecular flexibility index (Phi) is 5.04. The molecule has 0 aromatic rings. The zero-order valence-electron chi connectivity index (χ0n) is 11.2. The van der Waals surface area contributed by atoms with Gasteiger partial charge in [-0.05, 0) is 37.0 Å². The fourth-order valence-corrected chi connectivity index (χ4v) is 4.29. The lowest BCUT2D eigenvalue weighted by molar-refractivity contribution is 0.120. The molecule has 0 saturated heterocycles. The SMILES string of the molecule is CC=C=C([C@H](O)C1CCCCC1)[Si](C)(C)C. The van der Waals surface area contributed by atoms with E-state index in [2.05, 4.69) is 25.4 Å². The minimum atomic E-state index is -1.43. The van der Waals surface area contributed by atoms with Gasteiger partial charge in [-0.1, -0.05) is 38.9 Å². The highest BCUT2D eigenvalue weighted by Gasteiger charge is 2.31. The van der Waals surface area contributed by atoms with E-state index in [1.807, 2.05) is 13.0 Å². The molecule has 0 aromatic carbocycles. The van der Waals surface area contributed by atoms with Gasteiger partial charge < -0.3 is 5.11 Å². The van der Waals surface area contributed by atoms with Crippen LogP contribution in [0.2, 0.25) is 19.6 Å². The summed E-state index contributed by atoms with van der Waals surface area (Å²) >= 11 is 0. The molecule has 0 aliphatic heterocycles. The molecule has 0 bridgehead atoms. The van der Waals surface area contributed by atoms with E-state index in [1.165, 1.54) is 37.3 Å². The number of aliphatic hydroxyl groups is 1. The van der Waals surface area contributed by atoms with Gasteiger partial charge >= 0.3 is 0 Å². The van der Waals surface area contributed by atoms with E-state index in [0.717, 1.165) is 0 Å². The van der Waals surface area contributed by atoms with E-state index < -0.39 is 8.07 Å². The van der Waals surface area contributed by atoms with Crippen LogP contribution in [-0.4, -0.2) is 19.3 Å². The first-order valence-corrected chi connectivity index (χ1v) is 10.1. The van der Waals surface area contributed by atoms with Crippen molar-refractivity contribution in [3.63, 3.8) is 0 Å². The lowest BCUT2D eigenvalue weighted by atomic mass is 9.85. The van der Waals surface area contributed by atoms with Gasteiger partial charge in [-0.2, -0.15) is 0 Å². The second kappa shape index (κ2) is 5.86. The number of aliphatic hydroxyl groups excluding tert-OH is 1. The van der Waals surface area contributed by atoms with Crippen LogP contribution in [0.3, 0.4) is 0 Å². The van der Waals surface area contributed by atoms with Crippen LogP contribution < -0.4 is 0 Å². The molecule has 2 heteroatoms. The van der Waals surface area contributed by atoms with Crippen molar-refractivity contribution in [2.45, 2.75) is 64.8 Å². The summed E-state index contributed by atoms with van der Waals surface area (Å²) in [5.74, 6) is 0.489. The summed E-state index contributed by atoms with van der Waals surface area (Å²) in [6.07, 6.45) is 8.04. The second-order valence-corrected chi connectivity index (χ2v) is 11.0. The van der Waals surface area contributed by atoms with Crippen LogP contribution in [0.4, 0.5) is 0 Å². The molecule has 1 atom stereocenters. The molecule has 1 fully saturated rings. The van der Waals surface area contributed by atoms with Gasteiger partial charge in [0.25, 0.3) is 0 Å². The summed E-state index contributed by atoms with van der Waals surface area (Å²) in [5, 5.41) is 11.7. The van der Waals surface area contributed by atoms with E-state index in [0.29, 0.717) is 5.92 Å². The Labute approximate surface area is 101 Å². The highest BCUT2D eigenvalue weighted by molar-refractivity contribution is 6.83. The molecule has 0 aromatic heterocycles. The van der Waals surface area contributed by atoms with Crippen molar-refractivity contribution < 1.29 is 5.11 Å². The Balaban J connectivity index is 2.83. The summed E-state index contributed by atoms with van der Waals surface area (Å²) in [5.41, 5.74) is 3.32. The van der Waals surface area contributed by atoms with Gasteiger partial charge in [0, 0.05) is 0 Å². The topological polar surface area (TPSA) is 20.2 Å². The number of hydrogen-bond acceptors (Lipinski definition) is 1. The van der Waals surface area contributed by atoms with Crippen molar-refractivity contribution in [3.8, 4) is 0 Å². The summed E-state index contributed by atoms with van der Waals surface area (Å²) in [7, 11) is -1.43. The predicted molar refractivity (Wildman–Crippen MR) is 73.2 cm³/mol. The van der Waals surface area contributed by atoms with Crippen molar-refractivity contribution in [2.24, 2.45) is 5.92 Å². The second-order valence-electron chi connectivity index (χ2n) is 5.94. The van der Waals surface area contributed by atoms with E-state index in [1.54, 1.807) is 0 Å². The Bertz CT molecular complexity index is 276. The Morgan fingerprint density at radius 3 is 2.25 bits per heavy atom. The zero-order chi connectivity index (χ0) is 12.2. The Morgan fingerprint density at radius 2 is 1.81 bits per heavy atom. The van der Waals surface area contributed by atoms with Crippen molar-refractivity contribution in [1.29, 1.82) is 0 Å². The fraction of sp³-hybridized carbons (Fsp3) is 0.786. The summed E-state index contributed by atoms with van der Waals surface area (Å²) in [6, 6.07) is 0. The molecule has 1 rings (SSSR count). The van der Waals surface area contributed by atoms with Gasteiger partial charge in [-0.3, -0.25) is 0 Å². The molecular weight excluding hydrogens is 212 g/mol. The quantitative estimate of drug-likeness (QED) is 0.584. The third-order valence-corrected chi connectivity index (χ3v) is 5.56. The van der Waals surface area contributed by atoms with Gasteiger partial charge in [0.15, 0.2) is 0 Å². The first kappa shape index (κ1) is 13.8. The lowest BCUT2D eigenvalue weighted by Gasteiger charge is -2.32. The van der Waals surface area contributed by atoms with Gasteiger partial charge in [0.05, 0.1) is 14.2 Å². The monoisotopic (exact) mass is 238 g/mol.